The van der Waals surface area contributed by atoms with Crippen LogP contribution in [0.4, 0.5) is 18.9 Å². The molecule has 2 amide bonds. The first-order valence-electron chi connectivity index (χ1n) is 15.3. The highest BCUT2D eigenvalue weighted by molar-refractivity contribution is 7.92. The summed E-state index contributed by atoms with van der Waals surface area (Å²) in [5.41, 5.74) is 0.548. The number of hydrogen-bond acceptors (Lipinski definition) is 4. The minimum atomic E-state index is -4.77. The van der Waals surface area contributed by atoms with E-state index >= 15 is 0 Å². The fourth-order valence-corrected chi connectivity index (χ4v) is 6.61. The Morgan fingerprint density at radius 1 is 0.896 bits per heavy atom. The molecule has 4 aromatic rings. The van der Waals surface area contributed by atoms with Gasteiger partial charge in [-0.1, -0.05) is 90.8 Å². The lowest BCUT2D eigenvalue weighted by Gasteiger charge is -2.34. The molecule has 4 aromatic carbocycles. The van der Waals surface area contributed by atoms with Gasteiger partial charge in [0.05, 0.1) is 16.1 Å². The van der Waals surface area contributed by atoms with Crippen LogP contribution in [0, 0.1) is 6.92 Å². The first-order valence-corrected chi connectivity index (χ1v) is 17.2. The number of alkyl halides is 3. The normalized spacial score (nSPS) is 13.0. The molecule has 0 heterocycles. The molecule has 7 nitrogen and oxygen atoms in total. The minimum Gasteiger partial charge on any atom is -0.352 e. The van der Waals surface area contributed by atoms with Crippen molar-refractivity contribution in [1.29, 1.82) is 0 Å². The number of nitrogens with one attached hydrogen (secondary N) is 1. The Hall–Kier alpha value is -4.35. The Labute approximate surface area is 284 Å². The van der Waals surface area contributed by atoms with Crippen LogP contribution in [0.2, 0.25) is 5.02 Å². The Kier molecular flexibility index (Phi) is 11.9. The molecule has 1 N–H and O–H groups in total. The number of carbonyl (C=O) groups excluding carboxylic acids is 2. The maximum atomic E-state index is 14.5. The molecule has 0 bridgehead atoms. The van der Waals surface area contributed by atoms with Gasteiger partial charge in [0.25, 0.3) is 10.0 Å². The lowest BCUT2D eigenvalue weighted by Crippen LogP contribution is -2.54. The van der Waals surface area contributed by atoms with Crippen LogP contribution in [0.5, 0.6) is 0 Å². The lowest BCUT2D eigenvalue weighted by atomic mass is 10.0. The summed E-state index contributed by atoms with van der Waals surface area (Å²) < 4.78 is 70.3. The Bertz CT molecular complexity index is 1820. The van der Waals surface area contributed by atoms with Crippen molar-refractivity contribution in [3.8, 4) is 0 Å². The summed E-state index contributed by atoms with van der Waals surface area (Å²) in [5.74, 6) is -1.29. The number of sulfonamides is 1. The van der Waals surface area contributed by atoms with Crippen molar-refractivity contribution in [2.45, 2.75) is 63.3 Å². The van der Waals surface area contributed by atoms with Crippen LogP contribution >= 0.6 is 11.6 Å². The van der Waals surface area contributed by atoms with Crippen molar-refractivity contribution in [2.24, 2.45) is 0 Å². The topological polar surface area (TPSA) is 86.8 Å². The van der Waals surface area contributed by atoms with Crippen LogP contribution in [0.25, 0.3) is 0 Å². The average Bonchev–Trinajstić information content (AvgIpc) is 3.06. The van der Waals surface area contributed by atoms with Gasteiger partial charge in [-0.25, -0.2) is 8.42 Å². The number of aryl methyl sites for hydroxylation is 1. The van der Waals surface area contributed by atoms with Gasteiger partial charge in [0, 0.05) is 24.0 Å². The van der Waals surface area contributed by atoms with Crippen molar-refractivity contribution < 1.29 is 31.2 Å². The predicted octanol–water partition coefficient (Wildman–Crippen LogP) is 7.42. The molecule has 0 unspecified atom stereocenters. The van der Waals surface area contributed by atoms with Gasteiger partial charge in [-0.05, 0) is 67.8 Å². The molecule has 0 aliphatic heterocycles. The van der Waals surface area contributed by atoms with Gasteiger partial charge >= 0.3 is 6.18 Å². The highest BCUT2D eigenvalue weighted by Gasteiger charge is 2.37. The van der Waals surface area contributed by atoms with Crippen LogP contribution in [0.1, 0.15) is 42.5 Å². The van der Waals surface area contributed by atoms with Gasteiger partial charge in [0.2, 0.25) is 11.8 Å². The lowest BCUT2D eigenvalue weighted by molar-refractivity contribution is -0.140. The second-order valence-corrected chi connectivity index (χ2v) is 13.8. The smallest absolute Gasteiger partial charge is 0.352 e. The van der Waals surface area contributed by atoms with Gasteiger partial charge in [-0.15, -0.1) is 0 Å². The third kappa shape index (κ3) is 9.17. The largest absolute Gasteiger partial charge is 0.416 e. The number of amides is 2. The molecule has 0 radical (unpaired) electrons. The molecular formula is C36H37ClF3N3O4S. The summed E-state index contributed by atoms with van der Waals surface area (Å²) >= 11 is 6.50. The van der Waals surface area contributed by atoms with E-state index in [4.69, 9.17) is 11.6 Å². The number of hydrogen-bond donors (Lipinski definition) is 1. The first-order chi connectivity index (χ1) is 22.7. The SMILES string of the molecule is CC[C@H](C)NC(=O)[C@H](Cc1ccccc1)N(Cc1ccccc1Cl)C(=O)CN(c1cccc(C(F)(F)F)c1)S(=O)(=O)c1ccc(C)cc1. The maximum absolute atomic E-state index is 14.5. The van der Waals surface area contributed by atoms with Crippen molar-refractivity contribution in [3.05, 3.63) is 130 Å². The molecular weight excluding hydrogens is 663 g/mol. The summed E-state index contributed by atoms with van der Waals surface area (Å²) in [5, 5.41) is 3.25. The predicted molar refractivity (Wildman–Crippen MR) is 181 cm³/mol. The highest BCUT2D eigenvalue weighted by Crippen LogP contribution is 2.33. The van der Waals surface area contributed by atoms with E-state index in [9.17, 15) is 31.2 Å². The quantitative estimate of drug-likeness (QED) is 0.157. The monoisotopic (exact) mass is 699 g/mol. The van der Waals surface area contributed by atoms with Crippen molar-refractivity contribution in [2.75, 3.05) is 10.8 Å². The fraction of sp³-hybridized carbons (Fsp3) is 0.278. The fourth-order valence-electron chi connectivity index (χ4n) is 5.01. The molecule has 254 valence electrons. The van der Waals surface area contributed by atoms with E-state index in [0.29, 0.717) is 27.4 Å². The third-order valence-electron chi connectivity index (χ3n) is 7.92. The van der Waals surface area contributed by atoms with E-state index in [1.807, 2.05) is 19.9 Å². The molecule has 0 spiro atoms. The van der Waals surface area contributed by atoms with Gasteiger partial charge < -0.3 is 10.2 Å². The molecule has 48 heavy (non-hydrogen) atoms. The summed E-state index contributed by atoms with van der Waals surface area (Å²) in [4.78, 5) is 29.5. The van der Waals surface area contributed by atoms with Crippen molar-refractivity contribution in [1.82, 2.24) is 10.2 Å². The van der Waals surface area contributed by atoms with E-state index in [-0.39, 0.29) is 29.6 Å². The van der Waals surface area contributed by atoms with Gasteiger partial charge in [0.15, 0.2) is 0 Å². The Morgan fingerprint density at radius 3 is 2.17 bits per heavy atom. The van der Waals surface area contributed by atoms with Crippen LogP contribution in [-0.4, -0.2) is 43.8 Å². The summed E-state index contributed by atoms with van der Waals surface area (Å²) in [7, 11) is -4.58. The van der Waals surface area contributed by atoms with Crippen molar-refractivity contribution >= 4 is 39.1 Å². The second kappa shape index (κ2) is 15.7. The Balaban J connectivity index is 1.86. The molecule has 12 heteroatoms. The number of rotatable bonds is 13. The standard InChI is InChI=1S/C36H37ClF3N3O4S/c1-4-26(3)41-35(45)33(21-27-11-6-5-7-12-27)42(23-28-13-8-9-16-32(28)37)34(44)24-43(30-15-10-14-29(22-30)36(38,39)40)48(46,47)31-19-17-25(2)18-20-31/h5-20,22,26,33H,4,21,23-24H2,1-3H3,(H,41,45)/t26-,33-/m0/s1. The van der Waals surface area contributed by atoms with Crippen LogP contribution in [0.15, 0.2) is 108 Å². The average molecular weight is 700 g/mol. The Morgan fingerprint density at radius 2 is 1.54 bits per heavy atom. The summed E-state index contributed by atoms with van der Waals surface area (Å²) in [6, 6.07) is 23.9. The van der Waals surface area contributed by atoms with Crippen molar-refractivity contribution in [3.63, 3.8) is 0 Å². The van der Waals surface area contributed by atoms with E-state index in [2.05, 4.69) is 5.32 Å². The van der Waals surface area contributed by atoms with E-state index in [0.717, 1.165) is 23.3 Å². The molecule has 0 saturated heterocycles. The van der Waals surface area contributed by atoms with Crippen LogP contribution in [-0.2, 0) is 38.8 Å². The molecule has 0 aromatic heterocycles. The molecule has 0 fully saturated rings. The zero-order chi connectivity index (χ0) is 35.1. The van der Waals surface area contributed by atoms with Gasteiger partial charge in [0.1, 0.15) is 12.6 Å². The first kappa shape index (κ1) is 36.5. The number of carbonyl (C=O) groups is 2. The molecule has 4 rings (SSSR count). The number of anilines is 1. The molecule has 2 atom stereocenters. The van der Waals surface area contributed by atoms with Crippen LogP contribution in [0.3, 0.4) is 0 Å². The number of halogens is 4. The molecule has 0 saturated carbocycles. The zero-order valence-electron chi connectivity index (χ0n) is 26.7. The van der Waals surface area contributed by atoms with Gasteiger partial charge in [-0.2, -0.15) is 13.2 Å². The van der Waals surface area contributed by atoms with Gasteiger partial charge in [-0.3, -0.25) is 13.9 Å². The third-order valence-corrected chi connectivity index (χ3v) is 10.1. The number of nitrogens with zero attached hydrogens (tertiary/aromatic N) is 2. The summed E-state index contributed by atoms with van der Waals surface area (Å²) in [6.07, 6.45) is -4.09. The van der Waals surface area contributed by atoms with E-state index < -0.39 is 46.2 Å². The highest BCUT2D eigenvalue weighted by atomic mass is 35.5. The van der Waals surface area contributed by atoms with Crippen LogP contribution < -0.4 is 9.62 Å². The number of benzene rings is 4. The van der Waals surface area contributed by atoms with E-state index in [1.165, 1.54) is 23.1 Å². The molecule has 0 aliphatic carbocycles. The second-order valence-electron chi connectivity index (χ2n) is 11.5. The summed E-state index contributed by atoms with van der Waals surface area (Å²) in [6.45, 7) is 4.40. The minimum absolute atomic E-state index is 0.0770. The van der Waals surface area contributed by atoms with E-state index in [1.54, 1.807) is 67.6 Å². The maximum Gasteiger partial charge on any atom is 0.416 e. The molecule has 0 aliphatic rings. The zero-order valence-corrected chi connectivity index (χ0v) is 28.3.